The topological polar surface area (TPSA) is 63.5 Å². The van der Waals surface area contributed by atoms with E-state index in [1.165, 1.54) is 0 Å². The first-order chi connectivity index (χ1) is 8.43. The van der Waals surface area contributed by atoms with Gasteiger partial charge in [0.15, 0.2) is 0 Å². The predicted octanol–water partition coefficient (Wildman–Crippen LogP) is 0.851. The van der Waals surface area contributed by atoms with Crippen LogP contribution in [0.25, 0.3) is 0 Å². The third-order valence-electron chi connectivity index (χ3n) is 3.15. The molecule has 1 unspecified atom stereocenters. The molecule has 0 saturated heterocycles. The van der Waals surface area contributed by atoms with Crippen molar-refractivity contribution < 1.29 is 14.6 Å². The van der Waals surface area contributed by atoms with Crippen LogP contribution < -0.4 is 5.32 Å². The van der Waals surface area contributed by atoms with E-state index in [-0.39, 0.29) is 12.5 Å². The van der Waals surface area contributed by atoms with Gasteiger partial charge in [0, 0.05) is 26.5 Å². The van der Waals surface area contributed by atoms with E-state index in [4.69, 9.17) is 9.84 Å². The number of carbonyl (C=O) groups is 1. The van der Waals surface area contributed by atoms with Gasteiger partial charge in [-0.2, -0.15) is 0 Å². The van der Waals surface area contributed by atoms with Crippen molar-refractivity contribution in [2.24, 2.45) is 7.05 Å². The second kappa shape index (κ2) is 6.02. The number of hydrogen-bond donors (Lipinski definition) is 2. The van der Waals surface area contributed by atoms with E-state index >= 15 is 0 Å². The number of amides is 1. The lowest BCUT2D eigenvalue weighted by Crippen LogP contribution is -2.50. The average Bonchev–Trinajstić information content (AvgIpc) is 2.60. The monoisotopic (exact) mass is 254 g/mol. The summed E-state index contributed by atoms with van der Waals surface area (Å²) in [4.78, 5) is 12.2. The summed E-state index contributed by atoms with van der Waals surface area (Å²) in [6, 6.07) is 3.69. The lowest BCUT2D eigenvalue weighted by Gasteiger charge is -2.29. The van der Waals surface area contributed by atoms with E-state index in [9.17, 15) is 4.79 Å². The molecule has 18 heavy (non-hydrogen) atoms. The zero-order valence-electron chi connectivity index (χ0n) is 11.5. The van der Waals surface area contributed by atoms with Gasteiger partial charge in [0.05, 0.1) is 12.1 Å². The number of carbonyl (C=O) groups excluding carboxylic acids is 1. The summed E-state index contributed by atoms with van der Waals surface area (Å²) in [5.41, 5.74) is 1.07. The van der Waals surface area contributed by atoms with Crippen molar-refractivity contribution in [1.29, 1.82) is 0 Å². The maximum Gasteiger partial charge on any atom is 0.268 e. The zero-order valence-corrected chi connectivity index (χ0v) is 11.5. The van der Waals surface area contributed by atoms with Crippen LogP contribution in [0.1, 0.15) is 29.5 Å². The number of aryl methyl sites for hydroxylation is 1. The number of hydrogen-bond acceptors (Lipinski definition) is 3. The Kier molecular flexibility index (Phi) is 4.93. The maximum atomic E-state index is 12.2. The summed E-state index contributed by atoms with van der Waals surface area (Å²) in [6.07, 6.45) is 0.454. The van der Waals surface area contributed by atoms with Crippen LogP contribution in [-0.4, -0.2) is 41.4 Å². The second-order valence-corrected chi connectivity index (χ2v) is 4.84. The lowest BCUT2D eigenvalue weighted by molar-refractivity contribution is 0.0719. The van der Waals surface area contributed by atoms with Crippen LogP contribution in [0.15, 0.2) is 12.1 Å². The van der Waals surface area contributed by atoms with Gasteiger partial charge in [-0.15, -0.1) is 0 Å². The van der Waals surface area contributed by atoms with Crippen molar-refractivity contribution >= 4 is 5.91 Å². The largest absolute Gasteiger partial charge is 0.396 e. The number of methoxy groups -OCH3 is 1. The summed E-state index contributed by atoms with van der Waals surface area (Å²) < 4.78 is 6.93. The quantitative estimate of drug-likeness (QED) is 0.791. The first-order valence-electron chi connectivity index (χ1n) is 5.98. The SMILES string of the molecule is COCC(C)(CCO)NC(=O)c1ccc(C)n1C. The van der Waals surface area contributed by atoms with Gasteiger partial charge < -0.3 is 19.7 Å². The smallest absolute Gasteiger partial charge is 0.268 e. The van der Waals surface area contributed by atoms with Gasteiger partial charge in [0.2, 0.25) is 0 Å². The van der Waals surface area contributed by atoms with Crippen LogP contribution in [0, 0.1) is 6.92 Å². The molecule has 0 aliphatic rings. The number of aromatic nitrogens is 1. The van der Waals surface area contributed by atoms with Crippen molar-refractivity contribution in [2.75, 3.05) is 20.3 Å². The molecule has 0 radical (unpaired) electrons. The van der Waals surface area contributed by atoms with Crippen molar-refractivity contribution in [1.82, 2.24) is 9.88 Å². The Bertz CT molecular complexity index is 406. The van der Waals surface area contributed by atoms with Gasteiger partial charge in [-0.3, -0.25) is 4.79 Å². The minimum atomic E-state index is -0.557. The molecule has 1 atom stereocenters. The van der Waals surface area contributed by atoms with Gasteiger partial charge in [-0.1, -0.05) is 0 Å². The minimum absolute atomic E-state index is 0.00625. The van der Waals surface area contributed by atoms with Gasteiger partial charge >= 0.3 is 0 Å². The molecular formula is C13H22N2O3. The number of aliphatic hydroxyl groups is 1. The second-order valence-electron chi connectivity index (χ2n) is 4.84. The fraction of sp³-hybridized carbons (Fsp3) is 0.615. The molecule has 0 spiro atoms. The standard InChI is InChI=1S/C13H22N2O3/c1-10-5-6-11(15(10)3)12(17)14-13(2,7-8-16)9-18-4/h5-6,16H,7-9H2,1-4H3,(H,14,17). The highest BCUT2D eigenvalue weighted by Crippen LogP contribution is 2.12. The highest BCUT2D eigenvalue weighted by molar-refractivity contribution is 5.93. The van der Waals surface area contributed by atoms with Crippen molar-refractivity contribution in [3.63, 3.8) is 0 Å². The summed E-state index contributed by atoms with van der Waals surface area (Å²) in [5.74, 6) is -0.154. The molecule has 1 amide bonds. The Labute approximate surface area is 108 Å². The van der Waals surface area contributed by atoms with Crippen molar-refractivity contribution in [2.45, 2.75) is 25.8 Å². The fourth-order valence-electron chi connectivity index (χ4n) is 1.92. The van der Waals surface area contributed by atoms with Gasteiger partial charge in [0.25, 0.3) is 5.91 Å². The Morgan fingerprint density at radius 2 is 2.22 bits per heavy atom. The van der Waals surface area contributed by atoms with Crippen LogP contribution >= 0.6 is 0 Å². The summed E-state index contributed by atoms with van der Waals surface area (Å²) in [5, 5.41) is 12.0. The maximum absolute atomic E-state index is 12.2. The third kappa shape index (κ3) is 3.34. The Balaban J connectivity index is 2.81. The molecule has 5 nitrogen and oxygen atoms in total. The molecule has 0 aliphatic carbocycles. The van der Waals surface area contributed by atoms with Gasteiger partial charge in [-0.05, 0) is 32.4 Å². The molecule has 0 aliphatic heterocycles. The van der Waals surface area contributed by atoms with Crippen molar-refractivity contribution in [3.05, 3.63) is 23.5 Å². The molecule has 1 rings (SSSR count). The van der Waals surface area contributed by atoms with Crippen LogP contribution in [0.2, 0.25) is 0 Å². The number of rotatable bonds is 6. The molecule has 1 aromatic rings. The molecule has 0 aromatic carbocycles. The zero-order chi connectivity index (χ0) is 13.8. The van der Waals surface area contributed by atoms with E-state index in [1.54, 1.807) is 13.2 Å². The number of nitrogens with zero attached hydrogens (tertiary/aromatic N) is 1. The molecule has 5 heteroatoms. The number of aliphatic hydroxyl groups excluding tert-OH is 1. The van der Waals surface area contributed by atoms with Crippen molar-refractivity contribution in [3.8, 4) is 0 Å². The average molecular weight is 254 g/mol. The van der Waals surface area contributed by atoms with Crippen LogP contribution in [0.4, 0.5) is 0 Å². The predicted molar refractivity (Wildman–Crippen MR) is 69.6 cm³/mol. The van der Waals surface area contributed by atoms with E-state index in [2.05, 4.69) is 5.32 Å². The molecule has 0 fully saturated rings. The van der Waals surface area contributed by atoms with E-state index in [0.29, 0.717) is 18.7 Å². The Morgan fingerprint density at radius 1 is 1.56 bits per heavy atom. The van der Waals surface area contributed by atoms with Crippen LogP contribution in [0.5, 0.6) is 0 Å². The number of nitrogens with one attached hydrogen (secondary N) is 1. The minimum Gasteiger partial charge on any atom is -0.396 e. The molecular weight excluding hydrogens is 232 g/mol. The molecule has 2 N–H and O–H groups in total. The summed E-state index contributed by atoms with van der Waals surface area (Å²) in [6.45, 7) is 4.17. The van der Waals surface area contributed by atoms with E-state index in [0.717, 1.165) is 5.69 Å². The third-order valence-corrected chi connectivity index (χ3v) is 3.15. The molecule has 1 heterocycles. The highest BCUT2D eigenvalue weighted by atomic mass is 16.5. The molecule has 0 saturated carbocycles. The lowest BCUT2D eigenvalue weighted by atomic mass is 9.99. The van der Waals surface area contributed by atoms with Crippen LogP contribution in [0.3, 0.4) is 0 Å². The first kappa shape index (κ1) is 14.7. The van der Waals surface area contributed by atoms with Gasteiger partial charge in [0.1, 0.15) is 5.69 Å². The van der Waals surface area contributed by atoms with E-state index < -0.39 is 5.54 Å². The van der Waals surface area contributed by atoms with E-state index in [1.807, 2.05) is 31.5 Å². The molecule has 0 bridgehead atoms. The van der Waals surface area contributed by atoms with Crippen LogP contribution in [-0.2, 0) is 11.8 Å². The Morgan fingerprint density at radius 3 is 2.67 bits per heavy atom. The molecule has 1 aromatic heterocycles. The van der Waals surface area contributed by atoms with Gasteiger partial charge in [-0.25, -0.2) is 0 Å². The normalized spacial score (nSPS) is 14.3. The first-order valence-corrected chi connectivity index (χ1v) is 5.98. The molecule has 102 valence electrons. The summed E-state index contributed by atoms with van der Waals surface area (Å²) in [7, 11) is 3.43. The number of ether oxygens (including phenoxy) is 1. The summed E-state index contributed by atoms with van der Waals surface area (Å²) >= 11 is 0. The Hall–Kier alpha value is -1.33. The highest BCUT2D eigenvalue weighted by Gasteiger charge is 2.27. The fourth-order valence-corrected chi connectivity index (χ4v) is 1.92.